The number of benzene rings is 3. The fraction of sp³-hybridized carbons (Fsp3) is 0.138. The molecule has 0 bridgehead atoms. The molecule has 0 fully saturated rings. The average Bonchev–Trinajstić information content (AvgIpc) is 3.42. The van der Waals surface area contributed by atoms with Gasteiger partial charge in [0.1, 0.15) is 0 Å². The number of ether oxygens (including phenoxy) is 3. The van der Waals surface area contributed by atoms with Crippen LogP contribution in [0.2, 0.25) is 0 Å². The van der Waals surface area contributed by atoms with Gasteiger partial charge in [0.25, 0.3) is 15.6 Å². The van der Waals surface area contributed by atoms with Crippen LogP contribution in [-0.2, 0) is 10.0 Å². The van der Waals surface area contributed by atoms with E-state index in [1.165, 1.54) is 31.9 Å². The smallest absolute Gasteiger partial charge is 0.269 e. The number of hydrogen-bond donors (Lipinski definition) is 1. The summed E-state index contributed by atoms with van der Waals surface area (Å²) >= 11 is 0. The van der Waals surface area contributed by atoms with E-state index in [9.17, 15) is 13.2 Å². The summed E-state index contributed by atoms with van der Waals surface area (Å²) in [6.07, 6.45) is 1.41. The number of para-hydroxylation sites is 1. The normalized spacial score (nSPS) is 11.7. The number of methoxy groups -OCH3 is 3. The fourth-order valence-electron chi connectivity index (χ4n) is 4.73. The van der Waals surface area contributed by atoms with Crippen molar-refractivity contribution in [3.8, 4) is 17.2 Å². The highest BCUT2D eigenvalue weighted by molar-refractivity contribution is 7.90. The molecule has 1 N–H and O–H groups in total. The molecule has 0 aliphatic rings. The van der Waals surface area contributed by atoms with Crippen molar-refractivity contribution in [2.75, 3.05) is 26.6 Å². The lowest BCUT2D eigenvalue weighted by molar-refractivity contribution is 0.324. The molecule has 3 aromatic heterocycles. The Morgan fingerprint density at radius 3 is 2.15 bits per heavy atom. The summed E-state index contributed by atoms with van der Waals surface area (Å²) in [4.78, 5) is 23.3. The topological polar surface area (TPSA) is 126 Å². The molecule has 6 aromatic rings. The number of nitrogens with zero attached hydrogens (tertiary/aromatic N) is 4. The lowest BCUT2D eigenvalue weighted by Gasteiger charge is -2.16. The molecule has 0 unspecified atom stereocenters. The van der Waals surface area contributed by atoms with Crippen molar-refractivity contribution >= 4 is 49.2 Å². The summed E-state index contributed by atoms with van der Waals surface area (Å²) in [7, 11) is 0.450. The summed E-state index contributed by atoms with van der Waals surface area (Å²) in [6.45, 7) is 1.88. The second kappa shape index (κ2) is 9.82. The maximum atomic E-state index is 13.8. The maximum Gasteiger partial charge on any atom is 0.269 e. The van der Waals surface area contributed by atoms with Crippen molar-refractivity contribution < 1.29 is 22.6 Å². The zero-order valence-electron chi connectivity index (χ0n) is 22.6. The number of aromatic nitrogens is 4. The monoisotopic (exact) mass is 571 g/mol. The number of fused-ring (bicyclic) bond motifs is 4. The van der Waals surface area contributed by atoms with Gasteiger partial charge in [-0.25, -0.2) is 21.8 Å². The first-order valence-corrected chi connectivity index (χ1v) is 13.9. The van der Waals surface area contributed by atoms with Crippen LogP contribution >= 0.6 is 0 Å². The molecule has 11 nitrogen and oxygen atoms in total. The van der Waals surface area contributed by atoms with Gasteiger partial charge in [0.2, 0.25) is 11.7 Å². The average molecular weight is 572 g/mol. The van der Waals surface area contributed by atoms with Crippen molar-refractivity contribution in [2.45, 2.75) is 11.8 Å². The van der Waals surface area contributed by atoms with Gasteiger partial charge in [-0.1, -0.05) is 29.8 Å². The zero-order valence-corrected chi connectivity index (χ0v) is 23.4. The Balaban J connectivity index is 1.66. The third-order valence-corrected chi connectivity index (χ3v) is 8.45. The lowest BCUT2D eigenvalue weighted by Crippen LogP contribution is -2.20. The predicted octanol–water partition coefficient (Wildman–Crippen LogP) is 4.51. The van der Waals surface area contributed by atoms with Gasteiger partial charge in [0.05, 0.1) is 42.5 Å². The third-order valence-electron chi connectivity index (χ3n) is 6.77. The van der Waals surface area contributed by atoms with Crippen LogP contribution in [0, 0.1) is 6.92 Å². The lowest BCUT2D eigenvalue weighted by atomic mass is 10.2. The molecule has 12 heteroatoms. The number of aryl methyl sites for hydroxylation is 1. The Bertz CT molecular complexity index is 2110. The van der Waals surface area contributed by atoms with E-state index < -0.39 is 10.0 Å². The van der Waals surface area contributed by atoms with E-state index >= 15 is 0 Å². The van der Waals surface area contributed by atoms with Crippen molar-refractivity contribution in [1.29, 1.82) is 0 Å². The van der Waals surface area contributed by atoms with Crippen LogP contribution in [-0.4, -0.2) is 48.1 Å². The van der Waals surface area contributed by atoms with Crippen LogP contribution < -0.4 is 25.1 Å². The van der Waals surface area contributed by atoms with Crippen LogP contribution in [0.4, 0.5) is 11.6 Å². The molecule has 3 aromatic carbocycles. The van der Waals surface area contributed by atoms with Gasteiger partial charge in [-0.2, -0.15) is 4.98 Å². The van der Waals surface area contributed by atoms with Crippen molar-refractivity contribution in [1.82, 2.24) is 18.3 Å². The van der Waals surface area contributed by atoms with Crippen LogP contribution in [0.15, 0.2) is 82.6 Å². The zero-order chi connectivity index (χ0) is 28.9. The van der Waals surface area contributed by atoms with Crippen LogP contribution in [0.25, 0.3) is 27.6 Å². The van der Waals surface area contributed by atoms with Crippen molar-refractivity contribution in [2.24, 2.45) is 0 Å². The quantitative estimate of drug-likeness (QED) is 0.275. The highest BCUT2D eigenvalue weighted by atomic mass is 32.2. The molecule has 0 aliphatic heterocycles. The molecule has 0 saturated carbocycles. The number of anilines is 2. The number of rotatable bonds is 7. The van der Waals surface area contributed by atoms with E-state index in [1.807, 2.05) is 6.92 Å². The Labute approximate surface area is 234 Å². The molecule has 0 aliphatic carbocycles. The number of nitrogens with one attached hydrogen (secondary N) is 1. The van der Waals surface area contributed by atoms with Gasteiger partial charge in [0.15, 0.2) is 22.8 Å². The van der Waals surface area contributed by atoms with E-state index in [4.69, 9.17) is 19.2 Å². The Kier molecular flexibility index (Phi) is 6.26. The molecule has 0 radical (unpaired) electrons. The predicted molar refractivity (Wildman–Crippen MR) is 155 cm³/mol. The minimum Gasteiger partial charge on any atom is -0.493 e. The molecule has 6 rings (SSSR count). The highest BCUT2D eigenvalue weighted by Crippen LogP contribution is 2.40. The molecule has 3 heterocycles. The Hall–Kier alpha value is -5.10. The van der Waals surface area contributed by atoms with E-state index in [0.717, 1.165) is 9.54 Å². The fourth-order valence-corrected chi connectivity index (χ4v) is 6.03. The molecular formula is C29H25N5O6S. The molecule has 41 heavy (non-hydrogen) atoms. The maximum absolute atomic E-state index is 13.8. The largest absolute Gasteiger partial charge is 0.493 e. The van der Waals surface area contributed by atoms with Gasteiger partial charge >= 0.3 is 0 Å². The van der Waals surface area contributed by atoms with Gasteiger partial charge in [-0.15, -0.1) is 0 Å². The molecule has 0 saturated heterocycles. The van der Waals surface area contributed by atoms with E-state index in [0.29, 0.717) is 39.2 Å². The van der Waals surface area contributed by atoms with Gasteiger partial charge in [0, 0.05) is 24.0 Å². The second-order valence-corrected chi connectivity index (χ2v) is 11.0. The third kappa shape index (κ3) is 4.19. The van der Waals surface area contributed by atoms with Gasteiger partial charge in [-0.05, 0) is 37.3 Å². The van der Waals surface area contributed by atoms with Crippen LogP contribution in [0.1, 0.15) is 5.56 Å². The number of hydrogen-bond acceptors (Lipinski definition) is 9. The first-order valence-electron chi connectivity index (χ1n) is 12.5. The minimum atomic E-state index is -4.03. The summed E-state index contributed by atoms with van der Waals surface area (Å²) in [5.74, 6) is 1.18. The minimum absolute atomic E-state index is 0.0454. The van der Waals surface area contributed by atoms with Crippen molar-refractivity contribution in [3.05, 3.63) is 88.8 Å². The first-order chi connectivity index (χ1) is 19.8. The summed E-state index contributed by atoms with van der Waals surface area (Å²) in [5.41, 5.74) is 1.82. The first kappa shape index (κ1) is 26.1. The van der Waals surface area contributed by atoms with Crippen molar-refractivity contribution in [3.63, 3.8) is 0 Å². The molecular weight excluding hydrogens is 546 g/mol. The van der Waals surface area contributed by atoms with Crippen LogP contribution in [0.5, 0.6) is 17.2 Å². The molecule has 0 spiro atoms. The highest BCUT2D eigenvalue weighted by Gasteiger charge is 2.24. The standard InChI is InChI=1S/C29H25N5O6S/c1-17-9-11-19(12-10-17)41(36,37)33-14-13-21-26(33)32-29(30-18-15-23(38-2)25(40-4)24(16-18)39-3)34-27(21)31-22-8-6-5-7-20(22)28(34)35/h5-16H,1-4H3,(H,30,32). The van der Waals surface area contributed by atoms with E-state index in [2.05, 4.69) is 10.3 Å². The summed E-state index contributed by atoms with van der Waals surface area (Å²) in [5, 5.41) is 3.92. The van der Waals surface area contributed by atoms with E-state index in [-0.39, 0.29) is 27.7 Å². The van der Waals surface area contributed by atoms with Gasteiger partial charge < -0.3 is 19.5 Å². The molecule has 208 valence electrons. The van der Waals surface area contributed by atoms with Gasteiger partial charge in [-0.3, -0.25) is 4.79 Å². The SMILES string of the molecule is COc1cc(Nc2nc3c(ccn3S(=O)(=O)c3ccc(C)cc3)c3nc4ccccc4c(=O)n23)cc(OC)c1OC. The Morgan fingerprint density at radius 2 is 1.49 bits per heavy atom. The Morgan fingerprint density at radius 1 is 0.805 bits per heavy atom. The molecule has 0 atom stereocenters. The van der Waals surface area contributed by atoms with Crippen LogP contribution in [0.3, 0.4) is 0 Å². The van der Waals surface area contributed by atoms with E-state index in [1.54, 1.807) is 66.7 Å². The summed E-state index contributed by atoms with van der Waals surface area (Å²) in [6, 6.07) is 18.4. The second-order valence-electron chi connectivity index (χ2n) is 9.23. The summed E-state index contributed by atoms with van der Waals surface area (Å²) < 4.78 is 46.2. The molecule has 0 amide bonds.